The van der Waals surface area contributed by atoms with E-state index >= 15 is 0 Å². The fourth-order valence-electron chi connectivity index (χ4n) is 2.23. The number of aliphatic hydroxyl groups excluding tert-OH is 1. The smallest absolute Gasteiger partial charge is 0.265 e. The molecule has 0 aliphatic rings. The van der Waals surface area contributed by atoms with Crippen LogP contribution >= 0.6 is 0 Å². The van der Waals surface area contributed by atoms with Crippen LogP contribution in [0.1, 0.15) is 5.56 Å². The molecular weight excluding hydrogens is 318 g/mol. The van der Waals surface area contributed by atoms with Gasteiger partial charge in [-0.25, -0.2) is 4.98 Å². The molecule has 0 fully saturated rings. The minimum absolute atomic E-state index is 0.172. The molecule has 0 aliphatic heterocycles. The third-order valence-corrected chi connectivity index (χ3v) is 3.63. The number of nitrogens with zero attached hydrogens (tertiary/aromatic N) is 2. The summed E-state index contributed by atoms with van der Waals surface area (Å²) in [6.45, 7) is -0.429. The van der Waals surface area contributed by atoms with E-state index in [-0.39, 0.29) is 11.1 Å². The molecule has 2 aromatic heterocycles. The van der Waals surface area contributed by atoms with Crippen molar-refractivity contribution in [2.75, 3.05) is 12.4 Å². The SMILES string of the molecule is COc1ccc2nc(Nc3cccc([ClH+])c3)c(CO)c(=O)n2c1. The number of rotatable bonds is 4. The number of methoxy groups -OCH3 is 1. The van der Waals surface area contributed by atoms with Gasteiger partial charge in [-0.05, 0) is 18.2 Å². The zero-order valence-electron chi connectivity index (χ0n) is 12.3. The predicted molar refractivity (Wildman–Crippen MR) is 84.2 cm³/mol. The Morgan fingerprint density at radius 3 is 2.87 bits per heavy atom. The molecule has 2 heterocycles. The zero-order chi connectivity index (χ0) is 16.4. The highest BCUT2D eigenvalue weighted by atomic mass is 35.5. The van der Waals surface area contributed by atoms with E-state index in [1.165, 1.54) is 17.7 Å². The first kappa shape index (κ1) is 15.3. The third kappa shape index (κ3) is 2.99. The van der Waals surface area contributed by atoms with Crippen molar-refractivity contribution in [1.82, 2.24) is 9.38 Å². The highest BCUT2D eigenvalue weighted by molar-refractivity contribution is 5.62. The van der Waals surface area contributed by atoms with Gasteiger partial charge in [-0.2, -0.15) is 0 Å². The van der Waals surface area contributed by atoms with E-state index in [9.17, 15) is 9.90 Å². The van der Waals surface area contributed by atoms with E-state index in [2.05, 4.69) is 10.3 Å². The maximum atomic E-state index is 12.6. The highest BCUT2D eigenvalue weighted by Crippen LogP contribution is 2.20. The number of aliphatic hydroxyl groups is 1. The number of fused-ring (bicyclic) bond motifs is 1. The fraction of sp³-hybridized carbons (Fsp3) is 0.125. The fourth-order valence-corrected chi connectivity index (χ4v) is 2.44. The molecule has 118 valence electrons. The van der Waals surface area contributed by atoms with Crippen LogP contribution in [0, 0.1) is 11.6 Å². The Morgan fingerprint density at radius 1 is 1.35 bits per heavy atom. The second-order valence-electron chi connectivity index (χ2n) is 4.85. The largest absolute Gasteiger partial charge is 0.495 e. The van der Waals surface area contributed by atoms with E-state index in [4.69, 9.17) is 16.3 Å². The minimum atomic E-state index is -0.429. The van der Waals surface area contributed by atoms with E-state index in [1.807, 2.05) is 12.1 Å². The van der Waals surface area contributed by atoms with Crippen LogP contribution in [0.25, 0.3) is 5.65 Å². The first-order valence-electron chi connectivity index (χ1n) is 6.86. The molecule has 6 nitrogen and oxygen atoms in total. The first-order chi connectivity index (χ1) is 11.1. The number of nitrogens with one attached hydrogen (secondary N) is 1. The van der Waals surface area contributed by atoms with Crippen molar-refractivity contribution in [2.24, 2.45) is 0 Å². The maximum absolute atomic E-state index is 12.6. The van der Waals surface area contributed by atoms with Crippen molar-refractivity contribution in [1.29, 1.82) is 0 Å². The minimum Gasteiger partial charge on any atom is -0.495 e. The molecule has 7 heteroatoms. The predicted octanol–water partition coefficient (Wildman–Crippen LogP) is 1.64. The van der Waals surface area contributed by atoms with Crippen LogP contribution in [0.2, 0.25) is 5.02 Å². The third-order valence-electron chi connectivity index (χ3n) is 3.38. The van der Waals surface area contributed by atoms with E-state index in [0.29, 0.717) is 27.9 Å². The highest BCUT2D eigenvalue weighted by Gasteiger charge is 2.13. The van der Waals surface area contributed by atoms with Gasteiger partial charge in [-0.3, -0.25) is 9.20 Å². The number of halogens is 1. The lowest BCUT2D eigenvalue weighted by molar-refractivity contribution is -0.288. The molecule has 23 heavy (non-hydrogen) atoms. The number of pyridine rings is 1. The number of hydrogen-bond acceptors (Lipinski definition) is 5. The monoisotopic (exact) mass is 332 g/mol. The van der Waals surface area contributed by atoms with E-state index < -0.39 is 6.61 Å². The maximum Gasteiger partial charge on any atom is 0.265 e. The average molecular weight is 333 g/mol. The first-order valence-corrected chi connectivity index (χ1v) is 7.27. The molecule has 0 unspecified atom stereocenters. The second kappa shape index (κ2) is 6.28. The summed E-state index contributed by atoms with van der Waals surface area (Å²) in [7, 11) is 1.52. The van der Waals surface area contributed by atoms with Gasteiger partial charge in [0.2, 0.25) is 5.02 Å². The molecule has 3 rings (SSSR count). The molecule has 0 atom stereocenters. The van der Waals surface area contributed by atoms with Gasteiger partial charge in [0.1, 0.15) is 17.2 Å². The Hall–Kier alpha value is -2.57. The summed E-state index contributed by atoms with van der Waals surface area (Å²) < 4.78 is 6.46. The van der Waals surface area contributed by atoms with Crippen molar-refractivity contribution in [3.05, 3.63) is 63.5 Å². The lowest BCUT2D eigenvalue weighted by Crippen LogP contribution is -2.22. The number of aromatic nitrogens is 2. The Bertz CT molecular complexity index is 924. The molecule has 1 aromatic carbocycles. The lowest BCUT2D eigenvalue weighted by atomic mass is 10.2. The van der Waals surface area contributed by atoms with Crippen molar-refractivity contribution in [2.45, 2.75) is 6.61 Å². The Labute approximate surface area is 136 Å². The molecule has 0 spiro atoms. The summed E-state index contributed by atoms with van der Waals surface area (Å²) in [6, 6.07) is 10.6. The van der Waals surface area contributed by atoms with Crippen LogP contribution in [0.4, 0.5) is 11.5 Å². The summed E-state index contributed by atoms with van der Waals surface area (Å²) in [5.74, 6) is 0.841. The van der Waals surface area contributed by atoms with Gasteiger partial charge in [0.25, 0.3) is 5.56 Å². The van der Waals surface area contributed by atoms with Crippen LogP contribution in [0.5, 0.6) is 5.75 Å². The summed E-state index contributed by atoms with van der Waals surface area (Å²) in [5.41, 5.74) is 0.973. The van der Waals surface area contributed by atoms with Crippen molar-refractivity contribution >= 4 is 17.2 Å². The molecule has 0 amide bonds. The van der Waals surface area contributed by atoms with Crippen molar-refractivity contribution in [3.63, 3.8) is 0 Å². The molecule has 2 N–H and O–H groups in total. The van der Waals surface area contributed by atoms with Gasteiger partial charge < -0.3 is 15.2 Å². The van der Waals surface area contributed by atoms with Crippen LogP contribution in [0.15, 0.2) is 47.4 Å². The molecule has 0 aliphatic carbocycles. The van der Waals surface area contributed by atoms with Gasteiger partial charge in [0.05, 0.1) is 25.5 Å². The van der Waals surface area contributed by atoms with Crippen LogP contribution in [-0.2, 0) is 6.61 Å². The molecule has 0 saturated heterocycles. The molecule has 0 radical (unpaired) electrons. The number of ether oxygens (including phenoxy) is 1. The topological polar surface area (TPSA) is 75.9 Å². The standard InChI is InChI=1S/C16H14ClN3O3/c1-23-12-5-6-14-19-15(13(9-21)16(22)20(14)8-12)18-11-4-2-3-10(17)7-11/h2-8,17,21H,9H2,1H3/p+1. The number of anilines is 2. The van der Waals surface area contributed by atoms with E-state index in [0.717, 1.165) is 0 Å². The Morgan fingerprint density at radius 2 is 2.17 bits per heavy atom. The molecule has 0 saturated carbocycles. The second-order valence-corrected chi connectivity index (χ2v) is 5.32. The Kier molecular flexibility index (Phi) is 4.18. The van der Waals surface area contributed by atoms with Gasteiger partial charge in [0.15, 0.2) is 11.6 Å². The van der Waals surface area contributed by atoms with Gasteiger partial charge in [-0.15, -0.1) is 0 Å². The summed E-state index contributed by atoms with van der Waals surface area (Å²) in [6.07, 6.45) is 1.54. The van der Waals surface area contributed by atoms with E-state index in [1.54, 1.807) is 24.3 Å². The zero-order valence-corrected chi connectivity index (χ0v) is 13.1. The number of benzene rings is 1. The van der Waals surface area contributed by atoms with Crippen molar-refractivity contribution in [3.8, 4) is 5.75 Å². The van der Waals surface area contributed by atoms with Gasteiger partial charge in [-0.1, -0.05) is 6.07 Å². The number of hydrogen-bond donors (Lipinski definition) is 2. The van der Waals surface area contributed by atoms with Gasteiger partial charge >= 0.3 is 0 Å². The molecule has 3 aromatic rings. The normalized spacial score (nSPS) is 10.7. The average Bonchev–Trinajstić information content (AvgIpc) is 2.55. The summed E-state index contributed by atoms with van der Waals surface area (Å²) in [5, 5.41) is 13.3. The molecular formula is C16H15ClN3O3+. The summed E-state index contributed by atoms with van der Waals surface area (Å²) >= 11 is 5.12. The van der Waals surface area contributed by atoms with Crippen LogP contribution in [0.3, 0.4) is 0 Å². The quantitative estimate of drug-likeness (QED) is 0.759. The summed E-state index contributed by atoms with van der Waals surface area (Å²) in [4.78, 5) is 17.0. The Balaban J connectivity index is 2.15. The van der Waals surface area contributed by atoms with Crippen molar-refractivity contribution < 1.29 is 21.4 Å². The van der Waals surface area contributed by atoms with Crippen LogP contribution < -0.4 is 15.6 Å². The van der Waals surface area contributed by atoms with Crippen LogP contribution in [-0.4, -0.2) is 21.6 Å². The van der Waals surface area contributed by atoms with Gasteiger partial charge in [0, 0.05) is 17.8 Å². The molecule has 0 bridgehead atoms. The lowest BCUT2D eigenvalue weighted by Gasteiger charge is -2.11.